The molecule has 0 spiro atoms. The van der Waals surface area contributed by atoms with Crippen molar-refractivity contribution in [3.05, 3.63) is 22.5 Å². The number of hydrogen-bond donors (Lipinski definition) is 0. The number of ether oxygens (including phenoxy) is 1. The molecule has 0 N–H and O–H groups in total. The molecule has 1 aliphatic rings. The van der Waals surface area contributed by atoms with Crippen molar-refractivity contribution in [1.29, 1.82) is 0 Å². The average Bonchev–Trinajstić information content (AvgIpc) is 1.94. The lowest BCUT2D eigenvalue weighted by Crippen LogP contribution is -2.37. The molecule has 1 unspecified atom stereocenters. The zero-order valence-corrected chi connectivity index (χ0v) is 5.56. The highest BCUT2D eigenvalue weighted by molar-refractivity contribution is 4.81. The average molecular weight is 144 g/mol. The number of methoxy groups -OCH3 is 1. The highest BCUT2D eigenvalue weighted by atomic mass is 16.6. The Morgan fingerprint density at radius 1 is 1.90 bits per heavy atom. The lowest BCUT2D eigenvalue weighted by molar-refractivity contribution is -0.502. The molecule has 0 saturated carbocycles. The fourth-order valence-electron chi connectivity index (χ4n) is 0.710. The Bertz CT molecular complexity index is 168. The van der Waals surface area contributed by atoms with Crippen molar-refractivity contribution in [1.82, 2.24) is 5.06 Å². The molecule has 0 amide bonds. The molecule has 1 heterocycles. The van der Waals surface area contributed by atoms with Gasteiger partial charge in [0.1, 0.15) is 0 Å². The minimum atomic E-state index is -0.664. The standard InChI is InChI=1S/C5H8N2O3/c1-10-5-4-6(8)2-3-7(5)9/h2-3,5H,4H2,1H3. The zero-order chi connectivity index (χ0) is 7.56. The van der Waals surface area contributed by atoms with Crippen LogP contribution in [-0.4, -0.2) is 29.7 Å². The van der Waals surface area contributed by atoms with Gasteiger partial charge in [-0.15, -0.1) is 0 Å². The summed E-state index contributed by atoms with van der Waals surface area (Å²) in [6.07, 6.45) is 1.65. The molecule has 0 saturated heterocycles. The summed E-state index contributed by atoms with van der Waals surface area (Å²) in [5.74, 6) is 0. The van der Waals surface area contributed by atoms with E-state index in [4.69, 9.17) is 4.74 Å². The molecule has 5 nitrogen and oxygen atoms in total. The third-order valence-electron chi connectivity index (χ3n) is 1.27. The number of rotatable bonds is 1. The van der Waals surface area contributed by atoms with E-state index in [9.17, 15) is 10.1 Å². The topological polar surface area (TPSA) is 55.6 Å². The van der Waals surface area contributed by atoms with Crippen LogP contribution in [0.15, 0.2) is 12.4 Å². The summed E-state index contributed by atoms with van der Waals surface area (Å²) < 4.78 is 5.35. The molecule has 56 valence electrons. The molecule has 0 aromatic rings. The summed E-state index contributed by atoms with van der Waals surface area (Å²) >= 11 is 0. The van der Waals surface area contributed by atoms with Crippen molar-refractivity contribution >= 4 is 0 Å². The van der Waals surface area contributed by atoms with Crippen molar-refractivity contribution in [2.75, 3.05) is 13.7 Å². The Morgan fingerprint density at radius 2 is 2.60 bits per heavy atom. The third kappa shape index (κ3) is 1.31. The molecule has 1 aliphatic heterocycles. The summed E-state index contributed by atoms with van der Waals surface area (Å²) in [5, 5.41) is 11.3. The molecule has 0 aromatic carbocycles. The normalized spacial score (nSPS) is 25.6. The Labute approximate surface area is 58.0 Å². The number of nitrogens with zero attached hydrogens (tertiary/aromatic N) is 2. The van der Waals surface area contributed by atoms with Gasteiger partial charge in [0, 0.05) is 16.8 Å². The van der Waals surface area contributed by atoms with Crippen LogP contribution in [0.1, 0.15) is 0 Å². The second-order valence-corrected chi connectivity index (χ2v) is 1.95. The van der Waals surface area contributed by atoms with Crippen LogP contribution in [0.25, 0.3) is 0 Å². The van der Waals surface area contributed by atoms with Gasteiger partial charge in [0.15, 0.2) is 6.23 Å². The van der Waals surface area contributed by atoms with Crippen molar-refractivity contribution < 1.29 is 9.50 Å². The molecule has 0 aromatic heterocycles. The van der Waals surface area contributed by atoms with Gasteiger partial charge in [-0.2, -0.15) is 0 Å². The summed E-state index contributed by atoms with van der Waals surface area (Å²) in [7, 11) is 1.39. The predicted molar refractivity (Wildman–Crippen MR) is 33.6 cm³/mol. The van der Waals surface area contributed by atoms with Gasteiger partial charge in [-0.05, 0) is 0 Å². The second-order valence-electron chi connectivity index (χ2n) is 1.95. The Hall–Kier alpha value is -0.940. The van der Waals surface area contributed by atoms with E-state index in [1.165, 1.54) is 13.3 Å². The Morgan fingerprint density at radius 3 is 3.10 bits per heavy atom. The van der Waals surface area contributed by atoms with E-state index in [-0.39, 0.29) is 6.54 Å². The molecule has 0 aliphatic carbocycles. The van der Waals surface area contributed by atoms with Gasteiger partial charge in [-0.25, -0.2) is 0 Å². The largest absolute Gasteiger partial charge is 0.757 e. The van der Waals surface area contributed by atoms with E-state index in [1.807, 2.05) is 0 Å². The predicted octanol–water partition coefficient (Wildman–Crippen LogP) is 0.0224. The van der Waals surface area contributed by atoms with Gasteiger partial charge >= 0.3 is 0 Å². The van der Waals surface area contributed by atoms with Gasteiger partial charge in [-0.1, -0.05) is 0 Å². The van der Waals surface area contributed by atoms with Crippen LogP contribution in [0.4, 0.5) is 0 Å². The SMILES string of the molecule is COC1C[N+](=O)C=CN1[O-]. The van der Waals surface area contributed by atoms with E-state index >= 15 is 0 Å². The molecule has 10 heavy (non-hydrogen) atoms. The van der Waals surface area contributed by atoms with Crippen LogP contribution in [0.3, 0.4) is 0 Å². The first-order valence-electron chi connectivity index (χ1n) is 2.84. The highest BCUT2D eigenvalue weighted by Gasteiger charge is 2.21. The van der Waals surface area contributed by atoms with Gasteiger partial charge in [0.05, 0.1) is 6.20 Å². The van der Waals surface area contributed by atoms with Crippen LogP contribution in [0, 0.1) is 10.1 Å². The van der Waals surface area contributed by atoms with Gasteiger partial charge in [0.2, 0.25) is 12.7 Å². The van der Waals surface area contributed by atoms with Crippen molar-refractivity contribution in [2.45, 2.75) is 6.23 Å². The van der Waals surface area contributed by atoms with E-state index in [0.29, 0.717) is 9.82 Å². The maximum atomic E-state index is 10.7. The number of hydrogen-bond acceptors (Lipinski definition) is 4. The Balaban J connectivity index is 2.62. The van der Waals surface area contributed by atoms with E-state index in [1.54, 1.807) is 0 Å². The van der Waals surface area contributed by atoms with Crippen LogP contribution in [-0.2, 0) is 4.74 Å². The molecular formula is C5H8N2O3. The Kier molecular flexibility index (Phi) is 1.98. The molecular weight excluding hydrogens is 136 g/mol. The second kappa shape index (κ2) is 2.76. The maximum absolute atomic E-state index is 10.7. The molecule has 1 rings (SSSR count). The summed E-state index contributed by atoms with van der Waals surface area (Å²) in [6, 6.07) is 0. The van der Waals surface area contributed by atoms with Crippen LogP contribution in [0.2, 0.25) is 0 Å². The smallest absolute Gasteiger partial charge is 0.241 e. The molecule has 5 heteroatoms. The minimum Gasteiger partial charge on any atom is -0.757 e. The fraction of sp³-hybridized carbons (Fsp3) is 0.600. The van der Waals surface area contributed by atoms with E-state index in [2.05, 4.69) is 0 Å². The first-order valence-corrected chi connectivity index (χ1v) is 2.84. The van der Waals surface area contributed by atoms with Crippen molar-refractivity contribution in [2.24, 2.45) is 0 Å². The van der Waals surface area contributed by atoms with E-state index < -0.39 is 6.23 Å². The van der Waals surface area contributed by atoms with Gasteiger partial charge in [0.25, 0.3) is 0 Å². The van der Waals surface area contributed by atoms with E-state index in [0.717, 1.165) is 6.20 Å². The van der Waals surface area contributed by atoms with Crippen LogP contribution < -0.4 is 0 Å². The highest BCUT2D eigenvalue weighted by Crippen LogP contribution is 2.04. The summed E-state index contributed by atoms with van der Waals surface area (Å²) in [4.78, 5) is 10.6. The quantitative estimate of drug-likeness (QED) is 0.487. The third-order valence-corrected chi connectivity index (χ3v) is 1.27. The summed E-state index contributed by atoms with van der Waals surface area (Å²) in [5.41, 5.74) is 0. The minimum absolute atomic E-state index is 0.0660. The summed E-state index contributed by atoms with van der Waals surface area (Å²) in [6.45, 7) is 0.0660. The molecule has 0 radical (unpaired) electrons. The number of nitroso groups, excluding NO2 is 1. The molecule has 1 atom stereocenters. The van der Waals surface area contributed by atoms with Crippen molar-refractivity contribution in [3.63, 3.8) is 0 Å². The lowest BCUT2D eigenvalue weighted by Gasteiger charge is -2.32. The first-order chi connectivity index (χ1) is 4.74. The molecule has 0 bridgehead atoms. The zero-order valence-electron chi connectivity index (χ0n) is 5.56. The monoisotopic (exact) mass is 144 g/mol. The number of hydroxylamine groups is 2. The van der Waals surface area contributed by atoms with Crippen LogP contribution >= 0.6 is 0 Å². The van der Waals surface area contributed by atoms with Gasteiger partial charge < -0.3 is 15.0 Å². The van der Waals surface area contributed by atoms with Crippen molar-refractivity contribution in [3.8, 4) is 0 Å². The van der Waals surface area contributed by atoms with Crippen LogP contribution in [0.5, 0.6) is 0 Å². The maximum Gasteiger partial charge on any atom is 0.241 e. The fourth-order valence-corrected chi connectivity index (χ4v) is 0.710. The molecule has 0 fully saturated rings. The van der Waals surface area contributed by atoms with Gasteiger partial charge in [-0.3, -0.25) is 0 Å². The first kappa shape index (κ1) is 7.17. The lowest BCUT2D eigenvalue weighted by atomic mass is 10.5.